The summed E-state index contributed by atoms with van der Waals surface area (Å²) in [4.78, 5) is 0. The van der Waals surface area contributed by atoms with Crippen molar-refractivity contribution in [3.63, 3.8) is 0 Å². The van der Waals surface area contributed by atoms with E-state index in [1.807, 2.05) is 13.8 Å². The molecule has 0 saturated carbocycles. The van der Waals surface area contributed by atoms with Crippen LogP contribution in [0.15, 0.2) is 53.6 Å². The van der Waals surface area contributed by atoms with E-state index in [9.17, 15) is 0 Å². The predicted octanol–water partition coefficient (Wildman–Crippen LogP) is 5.59. The quantitative estimate of drug-likeness (QED) is 0.473. The maximum Gasteiger partial charge on any atom is 2.00 e. The van der Waals surface area contributed by atoms with Crippen molar-refractivity contribution in [2.45, 2.75) is 34.6 Å². The van der Waals surface area contributed by atoms with Crippen molar-refractivity contribution in [2.24, 2.45) is 0 Å². The molecule has 0 aliphatic carbocycles. The summed E-state index contributed by atoms with van der Waals surface area (Å²) < 4.78 is 0. The van der Waals surface area contributed by atoms with Crippen molar-refractivity contribution in [3.8, 4) is 0 Å². The van der Waals surface area contributed by atoms with Gasteiger partial charge in [-0.25, -0.2) is 11.1 Å². The van der Waals surface area contributed by atoms with Crippen LogP contribution in [0.5, 0.6) is 0 Å². The maximum absolute atomic E-state index is 3.06. The second kappa shape index (κ2) is 9.15. The molecule has 0 bridgehead atoms. The molecule has 0 saturated heterocycles. The molecule has 0 aliphatic heterocycles. The van der Waals surface area contributed by atoms with Gasteiger partial charge in [0.15, 0.2) is 0 Å². The largest absolute Gasteiger partial charge is 2.00 e. The van der Waals surface area contributed by atoms with Gasteiger partial charge in [0.05, 0.1) is 0 Å². The van der Waals surface area contributed by atoms with Gasteiger partial charge in [-0.2, -0.15) is 12.1 Å². The second-order valence-corrected chi connectivity index (χ2v) is 4.51. The SMILES string of the molecule is C[C-]=C(C)/C(C)=C/C.Cc1cc2ccccc2[cH-]1.[Zr+2]. The Bertz CT molecular complexity index is 507. The van der Waals surface area contributed by atoms with Crippen LogP contribution in [0.25, 0.3) is 10.8 Å². The molecule has 0 N–H and O–H groups in total. The first-order valence-corrected chi connectivity index (χ1v) is 6.35. The van der Waals surface area contributed by atoms with Gasteiger partial charge in [0.25, 0.3) is 0 Å². The topological polar surface area (TPSA) is 0 Å². The zero-order chi connectivity index (χ0) is 13.5. The number of hydrogen-bond acceptors (Lipinski definition) is 0. The fourth-order valence-corrected chi connectivity index (χ4v) is 1.72. The summed E-state index contributed by atoms with van der Waals surface area (Å²) in [6.45, 7) is 10.2. The zero-order valence-corrected chi connectivity index (χ0v) is 15.0. The Morgan fingerprint density at radius 2 is 1.84 bits per heavy atom. The van der Waals surface area contributed by atoms with Gasteiger partial charge < -0.3 is 0 Å². The molecule has 2 aromatic carbocycles. The summed E-state index contributed by atoms with van der Waals surface area (Å²) in [6.07, 6.45) is 5.15. The van der Waals surface area contributed by atoms with E-state index in [0.717, 1.165) is 0 Å². The van der Waals surface area contributed by atoms with Crippen molar-refractivity contribution >= 4 is 10.8 Å². The second-order valence-electron chi connectivity index (χ2n) is 4.51. The summed E-state index contributed by atoms with van der Waals surface area (Å²) in [5.41, 5.74) is 3.90. The van der Waals surface area contributed by atoms with Crippen LogP contribution in [0.4, 0.5) is 0 Å². The zero-order valence-electron chi connectivity index (χ0n) is 12.5. The molecule has 2 aromatic rings. The third kappa shape index (κ3) is 5.78. The summed E-state index contributed by atoms with van der Waals surface area (Å²) in [5.74, 6) is 0. The molecule has 0 spiro atoms. The Kier molecular flexibility index (Phi) is 8.76. The van der Waals surface area contributed by atoms with Gasteiger partial charge in [0, 0.05) is 0 Å². The molecule has 0 aromatic heterocycles. The minimum atomic E-state index is 0. The monoisotopic (exact) mass is 328 g/mol. The van der Waals surface area contributed by atoms with E-state index < -0.39 is 0 Å². The van der Waals surface area contributed by atoms with Gasteiger partial charge in [-0.1, -0.05) is 26.8 Å². The number of rotatable bonds is 1. The van der Waals surface area contributed by atoms with E-state index in [0.29, 0.717) is 0 Å². The number of aryl methyl sites for hydroxylation is 1. The number of allylic oxidation sites excluding steroid dienone is 4. The predicted molar refractivity (Wildman–Crippen MR) is 81.8 cm³/mol. The molecule has 0 radical (unpaired) electrons. The van der Waals surface area contributed by atoms with E-state index in [-0.39, 0.29) is 26.2 Å². The average Bonchev–Trinajstić information content (AvgIpc) is 2.77. The first kappa shape index (κ1) is 18.2. The minimum Gasteiger partial charge on any atom is -0.275 e. The molecule has 0 heterocycles. The van der Waals surface area contributed by atoms with Crippen molar-refractivity contribution in [1.29, 1.82) is 0 Å². The number of fused-ring (bicyclic) bond motifs is 1. The number of hydrogen-bond donors (Lipinski definition) is 0. The maximum atomic E-state index is 3.06. The Balaban J connectivity index is 0.000000335. The smallest absolute Gasteiger partial charge is 0.275 e. The van der Waals surface area contributed by atoms with Crippen LogP contribution in [-0.4, -0.2) is 0 Å². The van der Waals surface area contributed by atoms with Gasteiger partial charge in [0.2, 0.25) is 0 Å². The summed E-state index contributed by atoms with van der Waals surface area (Å²) in [6, 6.07) is 12.8. The van der Waals surface area contributed by atoms with E-state index >= 15 is 0 Å². The van der Waals surface area contributed by atoms with Crippen molar-refractivity contribution in [2.75, 3.05) is 0 Å². The third-order valence-corrected chi connectivity index (χ3v) is 3.16. The normalized spacial score (nSPS) is 11.6. The van der Waals surface area contributed by atoms with E-state index in [2.05, 4.69) is 69.3 Å². The van der Waals surface area contributed by atoms with Crippen LogP contribution in [0.1, 0.15) is 33.3 Å². The molecule has 0 amide bonds. The summed E-state index contributed by atoms with van der Waals surface area (Å²) in [7, 11) is 0. The molecule has 0 aliphatic rings. The average molecular weight is 330 g/mol. The first-order chi connectivity index (χ1) is 8.58. The third-order valence-electron chi connectivity index (χ3n) is 3.16. The number of benzene rings is 1. The van der Waals surface area contributed by atoms with Crippen LogP contribution < -0.4 is 0 Å². The molecule has 0 fully saturated rings. The molecule has 0 nitrogen and oxygen atoms in total. The molecule has 19 heavy (non-hydrogen) atoms. The molecular formula is C18H22Zr. The first-order valence-electron chi connectivity index (χ1n) is 6.35. The molecule has 2 rings (SSSR count). The van der Waals surface area contributed by atoms with Crippen LogP contribution >= 0.6 is 0 Å². The van der Waals surface area contributed by atoms with E-state index in [4.69, 9.17) is 0 Å². The fraction of sp³-hybridized carbons (Fsp3) is 0.278. The van der Waals surface area contributed by atoms with Gasteiger partial charge in [-0.05, 0) is 0 Å². The molecular weight excluding hydrogens is 307 g/mol. The molecule has 0 unspecified atom stereocenters. The molecule has 0 atom stereocenters. The van der Waals surface area contributed by atoms with Crippen LogP contribution in [0.2, 0.25) is 0 Å². The summed E-state index contributed by atoms with van der Waals surface area (Å²) in [5, 5.41) is 2.69. The Hall–Kier alpha value is -0.807. The summed E-state index contributed by atoms with van der Waals surface area (Å²) >= 11 is 0. The standard InChI is InChI=1S/C10H9.C8H13.Zr/c1-8-6-9-4-2-3-5-10(9)7-8;1-5-7(3)8(4)6-2;/h2-7H,1H3;5H,1-4H3;/q2*-1;+2/b;7-5+;. The van der Waals surface area contributed by atoms with Gasteiger partial charge in [-0.3, -0.25) is 6.08 Å². The Morgan fingerprint density at radius 3 is 2.32 bits per heavy atom. The molecule has 1 heteroatoms. The Labute approximate surface area is 136 Å². The van der Waals surface area contributed by atoms with Gasteiger partial charge in [0.1, 0.15) is 0 Å². The van der Waals surface area contributed by atoms with Crippen molar-refractivity contribution in [1.82, 2.24) is 0 Å². The van der Waals surface area contributed by atoms with Crippen LogP contribution in [0.3, 0.4) is 0 Å². The van der Waals surface area contributed by atoms with Gasteiger partial charge in [-0.15, -0.1) is 54.4 Å². The van der Waals surface area contributed by atoms with Crippen LogP contribution in [-0.2, 0) is 26.2 Å². The fourth-order valence-electron chi connectivity index (χ4n) is 1.72. The molecule has 98 valence electrons. The Morgan fingerprint density at radius 1 is 1.21 bits per heavy atom. The van der Waals surface area contributed by atoms with Crippen molar-refractivity contribution < 1.29 is 26.2 Å². The van der Waals surface area contributed by atoms with E-state index in [1.165, 1.54) is 27.5 Å². The van der Waals surface area contributed by atoms with E-state index in [1.54, 1.807) is 0 Å². The van der Waals surface area contributed by atoms with Crippen molar-refractivity contribution in [3.05, 3.63) is 65.3 Å². The minimum absolute atomic E-state index is 0. The van der Waals surface area contributed by atoms with Crippen LogP contribution in [0, 0.1) is 13.0 Å². The van der Waals surface area contributed by atoms with Gasteiger partial charge >= 0.3 is 26.2 Å².